The van der Waals surface area contributed by atoms with E-state index in [1.807, 2.05) is 0 Å². The molecule has 0 unspecified atom stereocenters. The first kappa shape index (κ1) is 13.7. The maximum atomic E-state index is 10.9. The Balaban J connectivity index is 2.39. The van der Waals surface area contributed by atoms with E-state index in [1.54, 1.807) is 4.90 Å². The van der Waals surface area contributed by atoms with Crippen LogP contribution in [0.5, 0.6) is 0 Å². The fourth-order valence-corrected chi connectivity index (χ4v) is 2.09. The predicted molar refractivity (Wildman–Crippen MR) is 66.0 cm³/mol. The van der Waals surface area contributed by atoms with E-state index in [0.717, 1.165) is 19.3 Å². The lowest BCUT2D eigenvalue weighted by atomic mass is 9.97. The third-order valence-electron chi connectivity index (χ3n) is 2.89. The Kier molecular flexibility index (Phi) is 5.69. The van der Waals surface area contributed by atoms with Crippen molar-refractivity contribution in [3.8, 4) is 0 Å². The first-order chi connectivity index (χ1) is 8.08. The van der Waals surface area contributed by atoms with Crippen LogP contribution in [0.25, 0.3) is 0 Å². The van der Waals surface area contributed by atoms with Gasteiger partial charge in [-0.25, -0.2) is 0 Å². The summed E-state index contributed by atoms with van der Waals surface area (Å²) >= 11 is 0. The van der Waals surface area contributed by atoms with Crippen molar-refractivity contribution in [1.82, 2.24) is 4.90 Å². The number of carbonyl (C=O) groups excluding carboxylic acids is 2. The highest BCUT2D eigenvalue weighted by Crippen LogP contribution is 2.20. The fourth-order valence-electron chi connectivity index (χ4n) is 2.09. The summed E-state index contributed by atoms with van der Waals surface area (Å²) in [7, 11) is 0. The molecule has 0 aromatic carbocycles. The average Bonchev–Trinajstić information content (AvgIpc) is 2.26. The predicted octanol–water partition coefficient (Wildman–Crippen LogP) is 0.150. The van der Waals surface area contributed by atoms with Crippen LogP contribution in [0.1, 0.15) is 32.1 Å². The lowest BCUT2D eigenvalue weighted by Gasteiger charge is -2.20. The van der Waals surface area contributed by atoms with E-state index in [-0.39, 0.29) is 13.1 Å². The molecular formula is C12H21N3O2. The van der Waals surface area contributed by atoms with E-state index >= 15 is 0 Å². The quantitative estimate of drug-likeness (QED) is 0.620. The van der Waals surface area contributed by atoms with Gasteiger partial charge < -0.3 is 11.5 Å². The zero-order chi connectivity index (χ0) is 12.7. The van der Waals surface area contributed by atoms with Crippen molar-refractivity contribution in [1.29, 1.82) is 0 Å². The third-order valence-corrected chi connectivity index (χ3v) is 2.89. The van der Waals surface area contributed by atoms with Crippen molar-refractivity contribution in [2.45, 2.75) is 32.1 Å². The largest absolute Gasteiger partial charge is 0.369 e. The number of hydrogen-bond acceptors (Lipinski definition) is 3. The molecule has 4 N–H and O–H groups in total. The number of allylic oxidation sites excluding steroid dienone is 1. The molecule has 96 valence electrons. The number of hydrogen-bond donors (Lipinski definition) is 2. The van der Waals surface area contributed by atoms with Crippen LogP contribution >= 0.6 is 0 Å². The summed E-state index contributed by atoms with van der Waals surface area (Å²) in [5.41, 5.74) is 11.7. The number of carbonyl (C=O) groups is 2. The van der Waals surface area contributed by atoms with Gasteiger partial charge in [0.05, 0.1) is 13.1 Å². The Hall–Kier alpha value is -1.36. The summed E-state index contributed by atoms with van der Waals surface area (Å²) in [6.45, 7) is 0.851. The normalized spacial score (nSPS) is 15.7. The zero-order valence-corrected chi connectivity index (χ0v) is 10.2. The van der Waals surface area contributed by atoms with Gasteiger partial charge in [-0.05, 0) is 32.1 Å². The van der Waals surface area contributed by atoms with E-state index in [0.29, 0.717) is 6.54 Å². The lowest BCUT2D eigenvalue weighted by Crippen LogP contribution is -2.40. The van der Waals surface area contributed by atoms with Crippen LogP contribution < -0.4 is 11.5 Å². The standard InChI is InChI=1S/C12H21N3O2/c13-11(16)8-15(9-12(14)17)7-6-10-4-2-1-3-5-10/h4H,1-3,5-9H2,(H2,13,16)(H2,14,17). The van der Waals surface area contributed by atoms with Gasteiger partial charge in [-0.3, -0.25) is 14.5 Å². The van der Waals surface area contributed by atoms with Gasteiger partial charge in [0.1, 0.15) is 0 Å². The molecule has 1 rings (SSSR count). The smallest absolute Gasteiger partial charge is 0.231 e. The van der Waals surface area contributed by atoms with Gasteiger partial charge in [-0.1, -0.05) is 11.6 Å². The average molecular weight is 239 g/mol. The molecular weight excluding hydrogens is 218 g/mol. The van der Waals surface area contributed by atoms with Gasteiger partial charge in [0, 0.05) is 6.54 Å². The van der Waals surface area contributed by atoms with E-state index in [4.69, 9.17) is 11.5 Å². The topological polar surface area (TPSA) is 89.4 Å². The molecule has 0 atom stereocenters. The molecule has 0 aliphatic heterocycles. The Labute approximate surface area is 102 Å². The first-order valence-electron chi connectivity index (χ1n) is 6.05. The molecule has 17 heavy (non-hydrogen) atoms. The molecule has 0 saturated heterocycles. The molecule has 0 bridgehead atoms. The second-order valence-corrected chi connectivity index (χ2v) is 4.50. The number of rotatable bonds is 7. The molecule has 1 aliphatic rings. The lowest BCUT2D eigenvalue weighted by molar-refractivity contribution is -0.121. The van der Waals surface area contributed by atoms with E-state index in [1.165, 1.54) is 18.4 Å². The van der Waals surface area contributed by atoms with Gasteiger partial charge in [0.25, 0.3) is 0 Å². The maximum absolute atomic E-state index is 10.9. The van der Waals surface area contributed by atoms with Crippen LogP contribution in [-0.2, 0) is 9.59 Å². The Morgan fingerprint density at radius 1 is 1.18 bits per heavy atom. The number of primary amides is 2. The van der Waals surface area contributed by atoms with Crippen molar-refractivity contribution in [3.05, 3.63) is 11.6 Å². The number of nitrogens with zero attached hydrogens (tertiary/aromatic N) is 1. The van der Waals surface area contributed by atoms with E-state index < -0.39 is 11.8 Å². The van der Waals surface area contributed by atoms with Crippen molar-refractivity contribution >= 4 is 11.8 Å². The van der Waals surface area contributed by atoms with E-state index in [2.05, 4.69) is 6.08 Å². The summed E-state index contributed by atoms with van der Waals surface area (Å²) in [6, 6.07) is 0. The van der Waals surface area contributed by atoms with Crippen LogP contribution in [-0.4, -0.2) is 36.3 Å². The molecule has 5 nitrogen and oxygen atoms in total. The SMILES string of the molecule is NC(=O)CN(CCC1=CCCCC1)CC(N)=O. The van der Waals surface area contributed by atoms with Crippen LogP contribution in [0.3, 0.4) is 0 Å². The summed E-state index contributed by atoms with van der Waals surface area (Å²) in [5.74, 6) is -0.854. The Bertz CT molecular complexity index is 297. The minimum absolute atomic E-state index is 0.0935. The zero-order valence-electron chi connectivity index (χ0n) is 10.2. The van der Waals surface area contributed by atoms with Crippen molar-refractivity contribution in [2.75, 3.05) is 19.6 Å². The molecule has 0 radical (unpaired) electrons. The molecule has 0 aromatic rings. The highest BCUT2D eigenvalue weighted by Gasteiger charge is 2.12. The minimum atomic E-state index is -0.427. The summed E-state index contributed by atoms with van der Waals surface area (Å²) < 4.78 is 0. The molecule has 0 fully saturated rings. The Morgan fingerprint density at radius 3 is 2.29 bits per heavy atom. The molecule has 0 spiro atoms. The van der Waals surface area contributed by atoms with Crippen molar-refractivity contribution in [2.24, 2.45) is 11.5 Å². The Morgan fingerprint density at radius 2 is 1.82 bits per heavy atom. The van der Waals surface area contributed by atoms with Gasteiger partial charge in [0.15, 0.2) is 0 Å². The van der Waals surface area contributed by atoms with Crippen molar-refractivity contribution < 1.29 is 9.59 Å². The number of amides is 2. The van der Waals surface area contributed by atoms with Crippen LogP contribution in [0.2, 0.25) is 0 Å². The van der Waals surface area contributed by atoms with Crippen LogP contribution in [0.4, 0.5) is 0 Å². The summed E-state index contributed by atoms with van der Waals surface area (Å²) in [6.07, 6.45) is 7.91. The van der Waals surface area contributed by atoms with E-state index in [9.17, 15) is 9.59 Å². The van der Waals surface area contributed by atoms with Gasteiger partial charge >= 0.3 is 0 Å². The fraction of sp³-hybridized carbons (Fsp3) is 0.667. The summed E-state index contributed by atoms with van der Waals surface area (Å²) in [5, 5.41) is 0. The summed E-state index contributed by atoms with van der Waals surface area (Å²) in [4.78, 5) is 23.4. The molecule has 0 aromatic heterocycles. The highest BCUT2D eigenvalue weighted by atomic mass is 16.2. The first-order valence-corrected chi connectivity index (χ1v) is 6.05. The monoisotopic (exact) mass is 239 g/mol. The van der Waals surface area contributed by atoms with Gasteiger partial charge in [-0.15, -0.1) is 0 Å². The maximum Gasteiger partial charge on any atom is 0.231 e. The molecule has 5 heteroatoms. The third kappa shape index (κ3) is 6.06. The van der Waals surface area contributed by atoms with Gasteiger partial charge in [0.2, 0.25) is 11.8 Å². The van der Waals surface area contributed by atoms with Crippen LogP contribution in [0.15, 0.2) is 11.6 Å². The molecule has 2 amide bonds. The second kappa shape index (κ2) is 7.06. The molecule has 0 heterocycles. The number of nitrogens with two attached hydrogens (primary N) is 2. The minimum Gasteiger partial charge on any atom is -0.369 e. The van der Waals surface area contributed by atoms with Crippen molar-refractivity contribution in [3.63, 3.8) is 0 Å². The second-order valence-electron chi connectivity index (χ2n) is 4.50. The highest BCUT2D eigenvalue weighted by molar-refractivity contribution is 5.79. The molecule has 0 saturated carbocycles. The van der Waals surface area contributed by atoms with Gasteiger partial charge in [-0.2, -0.15) is 0 Å². The molecule has 1 aliphatic carbocycles. The van der Waals surface area contributed by atoms with Crippen LogP contribution in [0, 0.1) is 0 Å².